The van der Waals surface area contributed by atoms with Gasteiger partial charge in [0.25, 0.3) is 0 Å². The molecule has 110 valence electrons. The number of thiophene rings is 1. The van der Waals surface area contributed by atoms with Gasteiger partial charge in [-0.15, -0.1) is 11.3 Å². The Morgan fingerprint density at radius 3 is 2.63 bits per heavy atom. The third kappa shape index (κ3) is 7.06. The highest BCUT2D eigenvalue weighted by atomic mass is 32.1. The van der Waals surface area contributed by atoms with E-state index in [2.05, 4.69) is 55.5 Å². The van der Waals surface area contributed by atoms with E-state index in [1.165, 1.54) is 4.88 Å². The summed E-state index contributed by atoms with van der Waals surface area (Å²) in [5.41, 5.74) is 0. The Kier molecular flexibility index (Phi) is 7.61. The van der Waals surface area contributed by atoms with Crippen molar-refractivity contribution < 1.29 is 5.11 Å². The van der Waals surface area contributed by atoms with Gasteiger partial charge >= 0.3 is 0 Å². The molecule has 2 atom stereocenters. The van der Waals surface area contributed by atoms with Crippen molar-refractivity contribution in [3.8, 4) is 0 Å². The molecule has 0 aromatic carbocycles. The number of nitrogens with one attached hydrogen (secondary N) is 1. The van der Waals surface area contributed by atoms with E-state index in [-0.39, 0.29) is 6.10 Å². The fraction of sp³-hybridized carbons (Fsp3) is 0.733. The highest BCUT2D eigenvalue weighted by Crippen LogP contribution is 2.13. The maximum atomic E-state index is 10.0. The summed E-state index contributed by atoms with van der Waals surface area (Å²) in [5, 5.41) is 15.4. The lowest BCUT2D eigenvalue weighted by Gasteiger charge is -2.27. The minimum atomic E-state index is -0.297. The van der Waals surface area contributed by atoms with Crippen LogP contribution in [0.4, 0.5) is 0 Å². The summed E-state index contributed by atoms with van der Waals surface area (Å²) < 4.78 is 0. The molecule has 0 spiro atoms. The Hall–Kier alpha value is -0.420. The molecule has 3 nitrogen and oxygen atoms in total. The van der Waals surface area contributed by atoms with Crippen LogP contribution in [-0.2, 0) is 6.42 Å². The predicted octanol–water partition coefficient (Wildman–Crippen LogP) is 2.22. The smallest absolute Gasteiger partial charge is 0.0791 e. The van der Waals surface area contributed by atoms with Gasteiger partial charge in [-0.3, -0.25) is 0 Å². The largest absolute Gasteiger partial charge is 0.390 e. The highest BCUT2D eigenvalue weighted by Gasteiger charge is 2.14. The van der Waals surface area contributed by atoms with Gasteiger partial charge in [0, 0.05) is 24.0 Å². The molecule has 0 radical (unpaired) electrons. The fourth-order valence-corrected chi connectivity index (χ4v) is 2.82. The molecule has 1 rings (SSSR count). The zero-order valence-electron chi connectivity index (χ0n) is 12.6. The van der Waals surface area contributed by atoms with Crippen molar-refractivity contribution in [3.05, 3.63) is 22.4 Å². The molecule has 1 aromatic rings. The summed E-state index contributed by atoms with van der Waals surface area (Å²) in [6.45, 7) is 8.93. The highest BCUT2D eigenvalue weighted by molar-refractivity contribution is 7.09. The third-order valence-electron chi connectivity index (χ3n) is 3.26. The zero-order valence-corrected chi connectivity index (χ0v) is 13.4. The van der Waals surface area contributed by atoms with E-state index < -0.39 is 0 Å². The van der Waals surface area contributed by atoms with Gasteiger partial charge in [-0.1, -0.05) is 19.9 Å². The van der Waals surface area contributed by atoms with Gasteiger partial charge in [0.1, 0.15) is 0 Å². The normalized spacial score (nSPS) is 15.1. The van der Waals surface area contributed by atoms with Crippen molar-refractivity contribution in [2.24, 2.45) is 5.92 Å². The quantitative estimate of drug-likeness (QED) is 0.730. The Bertz CT molecular complexity index is 327. The maximum absolute atomic E-state index is 10.0. The molecule has 19 heavy (non-hydrogen) atoms. The summed E-state index contributed by atoms with van der Waals surface area (Å²) >= 11 is 1.80. The minimum absolute atomic E-state index is 0.297. The Morgan fingerprint density at radius 1 is 1.32 bits per heavy atom. The summed E-state index contributed by atoms with van der Waals surface area (Å²) in [6.07, 6.45) is 0.759. The SMILES string of the molecule is CC(C)CNCC(O)CN(C)C(C)Cc1cccs1. The van der Waals surface area contributed by atoms with E-state index in [9.17, 15) is 5.11 Å². The van der Waals surface area contributed by atoms with Crippen molar-refractivity contribution >= 4 is 11.3 Å². The number of nitrogens with zero attached hydrogens (tertiary/aromatic N) is 1. The number of aliphatic hydroxyl groups is 1. The molecule has 0 fully saturated rings. The molecule has 0 aliphatic heterocycles. The molecule has 0 saturated carbocycles. The molecular weight excluding hydrogens is 256 g/mol. The lowest BCUT2D eigenvalue weighted by molar-refractivity contribution is 0.106. The molecular formula is C15H28N2OS. The maximum Gasteiger partial charge on any atom is 0.0791 e. The van der Waals surface area contributed by atoms with Crippen molar-refractivity contribution in [1.29, 1.82) is 0 Å². The van der Waals surface area contributed by atoms with E-state index in [0.29, 0.717) is 18.5 Å². The van der Waals surface area contributed by atoms with Gasteiger partial charge in [0.05, 0.1) is 6.10 Å². The van der Waals surface area contributed by atoms with Gasteiger partial charge in [-0.05, 0) is 44.3 Å². The first-order valence-corrected chi connectivity index (χ1v) is 7.98. The van der Waals surface area contributed by atoms with Crippen molar-refractivity contribution in [3.63, 3.8) is 0 Å². The minimum Gasteiger partial charge on any atom is -0.390 e. The van der Waals surface area contributed by atoms with Crippen molar-refractivity contribution in [2.45, 2.75) is 39.3 Å². The van der Waals surface area contributed by atoms with Gasteiger partial charge in [-0.2, -0.15) is 0 Å². The van der Waals surface area contributed by atoms with Gasteiger partial charge in [-0.25, -0.2) is 0 Å². The first-order chi connectivity index (χ1) is 8.99. The molecule has 0 saturated heterocycles. The van der Waals surface area contributed by atoms with E-state index in [4.69, 9.17) is 0 Å². The first kappa shape index (κ1) is 16.6. The van der Waals surface area contributed by atoms with Crippen LogP contribution in [0.3, 0.4) is 0 Å². The number of rotatable bonds is 9. The third-order valence-corrected chi connectivity index (χ3v) is 4.16. The van der Waals surface area contributed by atoms with E-state index in [1.807, 2.05) is 0 Å². The average molecular weight is 284 g/mol. The monoisotopic (exact) mass is 284 g/mol. The van der Waals surface area contributed by atoms with Crippen molar-refractivity contribution in [2.75, 3.05) is 26.7 Å². The van der Waals surface area contributed by atoms with Gasteiger partial charge < -0.3 is 15.3 Å². The number of hydrogen-bond acceptors (Lipinski definition) is 4. The first-order valence-electron chi connectivity index (χ1n) is 7.10. The Labute approximate surface area is 121 Å². The van der Waals surface area contributed by atoms with E-state index in [0.717, 1.165) is 19.5 Å². The van der Waals surface area contributed by atoms with Crippen LogP contribution >= 0.6 is 11.3 Å². The lowest BCUT2D eigenvalue weighted by atomic mass is 10.1. The van der Waals surface area contributed by atoms with Crippen LogP contribution in [0.15, 0.2) is 17.5 Å². The second-order valence-corrected chi connectivity index (χ2v) is 6.81. The average Bonchev–Trinajstić information content (AvgIpc) is 2.81. The van der Waals surface area contributed by atoms with E-state index in [1.54, 1.807) is 11.3 Å². The van der Waals surface area contributed by atoms with E-state index >= 15 is 0 Å². The molecule has 2 unspecified atom stereocenters. The summed E-state index contributed by atoms with van der Waals surface area (Å²) in [5.74, 6) is 0.627. The van der Waals surface area contributed by atoms with Crippen LogP contribution < -0.4 is 5.32 Å². The molecule has 1 aromatic heterocycles. The van der Waals surface area contributed by atoms with Crippen LogP contribution in [0.1, 0.15) is 25.6 Å². The molecule has 0 aliphatic carbocycles. The topological polar surface area (TPSA) is 35.5 Å². The van der Waals surface area contributed by atoms with Gasteiger partial charge in [0.15, 0.2) is 0 Å². The van der Waals surface area contributed by atoms with Crippen LogP contribution in [-0.4, -0.2) is 48.8 Å². The molecule has 0 bridgehead atoms. The van der Waals surface area contributed by atoms with Crippen LogP contribution in [0.2, 0.25) is 0 Å². The lowest BCUT2D eigenvalue weighted by Crippen LogP contribution is -2.41. The zero-order chi connectivity index (χ0) is 14.3. The standard InChI is InChI=1S/C15H28N2OS/c1-12(2)9-16-10-14(18)11-17(4)13(3)8-15-6-5-7-19-15/h5-7,12-14,16,18H,8-11H2,1-4H3. The number of hydrogen-bond donors (Lipinski definition) is 2. The molecule has 1 heterocycles. The van der Waals surface area contributed by atoms with Gasteiger partial charge in [0.2, 0.25) is 0 Å². The fourth-order valence-electron chi connectivity index (χ4n) is 1.99. The Balaban J connectivity index is 2.23. The predicted molar refractivity (Wildman–Crippen MR) is 83.8 cm³/mol. The molecule has 4 heteroatoms. The molecule has 2 N–H and O–H groups in total. The van der Waals surface area contributed by atoms with Crippen LogP contribution in [0.5, 0.6) is 0 Å². The summed E-state index contributed by atoms with van der Waals surface area (Å²) in [4.78, 5) is 3.65. The van der Waals surface area contributed by atoms with Crippen LogP contribution in [0, 0.1) is 5.92 Å². The molecule has 0 aliphatic rings. The summed E-state index contributed by atoms with van der Waals surface area (Å²) in [7, 11) is 2.09. The number of likely N-dealkylation sites (N-methyl/N-ethyl adjacent to an activating group) is 1. The Morgan fingerprint density at radius 2 is 2.05 bits per heavy atom. The summed E-state index contributed by atoms with van der Waals surface area (Å²) in [6, 6.07) is 4.73. The second-order valence-electron chi connectivity index (χ2n) is 5.78. The number of aliphatic hydroxyl groups excluding tert-OH is 1. The molecule has 0 amide bonds. The second kappa shape index (κ2) is 8.69. The van der Waals surface area contributed by atoms with Crippen molar-refractivity contribution in [1.82, 2.24) is 10.2 Å². The van der Waals surface area contributed by atoms with Crippen LogP contribution in [0.25, 0.3) is 0 Å².